The predicted molar refractivity (Wildman–Crippen MR) is 110 cm³/mol. The van der Waals surface area contributed by atoms with Crippen LogP contribution in [-0.2, 0) is 9.53 Å². The van der Waals surface area contributed by atoms with Crippen LogP contribution in [0.15, 0.2) is 54.7 Å². The number of aromatic amines is 1. The van der Waals surface area contributed by atoms with Gasteiger partial charge in [0, 0.05) is 27.7 Å². The summed E-state index contributed by atoms with van der Waals surface area (Å²) in [5, 5.41) is 3.62. The first-order valence-corrected chi connectivity index (χ1v) is 9.35. The molecule has 29 heavy (non-hydrogen) atoms. The third kappa shape index (κ3) is 4.75. The smallest absolute Gasteiger partial charge is 0.312 e. The lowest BCUT2D eigenvalue weighted by Crippen LogP contribution is -2.35. The molecule has 0 bridgehead atoms. The van der Waals surface area contributed by atoms with E-state index in [4.69, 9.17) is 22.1 Å². The molecule has 3 rings (SSSR count). The first-order valence-electron chi connectivity index (χ1n) is 8.97. The lowest BCUT2D eigenvalue weighted by molar-refractivity contribution is -0.146. The Labute approximate surface area is 172 Å². The van der Waals surface area contributed by atoms with Crippen molar-refractivity contribution < 1.29 is 19.1 Å². The zero-order valence-electron chi connectivity index (χ0n) is 15.6. The minimum absolute atomic E-state index is 0.224. The molecule has 2 aromatic carbocycles. The molecule has 0 unspecified atom stereocenters. The average molecular weight is 414 g/mol. The average Bonchev–Trinajstić information content (AvgIpc) is 3.11. The molecule has 7 nitrogen and oxygen atoms in total. The first-order chi connectivity index (χ1) is 13.9. The Hall–Kier alpha value is -3.32. The number of benzene rings is 2. The van der Waals surface area contributed by atoms with Gasteiger partial charge in [-0.25, -0.2) is 4.79 Å². The number of nitrogens with two attached hydrogens (primary N) is 1. The molecule has 0 fully saturated rings. The van der Waals surface area contributed by atoms with E-state index in [0.29, 0.717) is 16.1 Å². The standard InChI is InChI=1S/C21H20ClN3O4/c1-12(20(27)15-11-24-17-9-5-3-6-13(15)17)29-19(26)10-18(25-21(23)28)14-7-2-4-8-16(14)22/h2-9,11-12,18,24H,10H2,1H3,(H3,23,25,28)/t12-,18+/m0/s1. The van der Waals surface area contributed by atoms with Crippen molar-refractivity contribution in [3.8, 4) is 0 Å². The van der Waals surface area contributed by atoms with Crippen LogP contribution in [0, 0.1) is 0 Å². The second-order valence-electron chi connectivity index (χ2n) is 6.53. The minimum atomic E-state index is -0.998. The molecule has 0 saturated heterocycles. The topological polar surface area (TPSA) is 114 Å². The van der Waals surface area contributed by atoms with Gasteiger partial charge in [0.05, 0.1) is 12.5 Å². The van der Waals surface area contributed by atoms with Gasteiger partial charge in [-0.3, -0.25) is 9.59 Å². The van der Waals surface area contributed by atoms with Gasteiger partial charge in [-0.15, -0.1) is 0 Å². The van der Waals surface area contributed by atoms with Crippen molar-refractivity contribution in [1.82, 2.24) is 10.3 Å². The fraction of sp³-hybridized carbons (Fsp3) is 0.190. The van der Waals surface area contributed by atoms with Crippen molar-refractivity contribution >= 4 is 40.3 Å². The van der Waals surface area contributed by atoms with Gasteiger partial charge in [-0.05, 0) is 24.6 Å². The van der Waals surface area contributed by atoms with Crippen LogP contribution in [-0.4, -0.2) is 28.9 Å². The lowest BCUT2D eigenvalue weighted by atomic mass is 10.0. The summed E-state index contributed by atoms with van der Waals surface area (Å²) in [7, 11) is 0. The lowest BCUT2D eigenvalue weighted by Gasteiger charge is -2.19. The summed E-state index contributed by atoms with van der Waals surface area (Å²) in [6.07, 6.45) is 0.374. The maximum Gasteiger partial charge on any atom is 0.312 e. The number of halogens is 1. The molecule has 1 aromatic heterocycles. The second kappa shape index (κ2) is 8.79. The largest absolute Gasteiger partial charge is 0.454 e. The van der Waals surface area contributed by atoms with Gasteiger partial charge in [-0.2, -0.15) is 0 Å². The molecule has 2 amide bonds. The van der Waals surface area contributed by atoms with Crippen molar-refractivity contribution in [3.05, 3.63) is 70.9 Å². The zero-order valence-corrected chi connectivity index (χ0v) is 16.4. The van der Waals surface area contributed by atoms with E-state index in [-0.39, 0.29) is 12.2 Å². The normalized spacial score (nSPS) is 12.9. The molecule has 1 heterocycles. The van der Waals surface area contributed by atoms with Crippen LogP contribution in [0.1, 0.15) is 35.3 Å². The molecule has 0 aliphatic carbocycles. The summed E-state index contributed by atoms with van der Waals surface area (Å²) in [5.41, 5.74) is 7.01. The van der Waals surface area contributed by atoms with E-state index < -0.39 is 24.1 Å². The maximum atomic E-state index is 12.7. The Morgan fingerprint density at radius 3 is 2.55 bits per heavy atom. The Morgan fingerprint density at radius 1 is 1.14 bits per heavy atom. The molecular formula is C21H20ClN3O4. The predicted octanol–water partition coefficient (Wildman–Crippen LogP) is 3.74. The second-order valence-corrected chi connectivity index (χ2v) is 6.94. The van der Waals surface area contributed by atoms with Crippen LogP contribution in [0.3, 0.4) is 0 Å². The van der Waals surface area contributed by atoms with Crippen molar-refractivity contribution in [2.45, 2.75) is 25.5 Å². The minimum Gasteiger partial charge on any atom is -0.454 e. The monoisotopic (exact) mass is 413 g/mol. The quantitative estimate of drug-likeness (QED) is 0.404. The van der Waals surface area contributed by atoms with Gasteiger partial charge in [0.15, 0.2) is 6.10 Å². The summed E-state index contributed by atoms with van der Waals surface area (Å²) in [6.45, 7) is 1.51. The highest BCUT2D eigenvalue weighted by atomic mass is 35.5. The Morgan fingerprint density at radius 2 is 1.83 bits per heavy atom. The number of hydrogen-bond donors (Lipinski definition) is 3. The van der Waals surface area contributed by atoms with Crippen LogP contribution in [0.5, 0.6) is 0 Å². The van der Waals surface area contributed by atoms with E-state index in [9.17, 15) is 14.4 Å². The SMILES string of the molecule is C[C@H](OC(=O)C[C@@H](NC(N)=O)c1ccccc1Cl)C(=O)c1c[nH]c2ccccc12. The number of carbonyl (C=O) groups is 3. The van der Waals surface area contributed by atoms with Crippen molar-refractivity contribution in [2.24, 2.45) is 5.73 Å². The number of urea groups is 1. The number of nitrogens with one attached hydrogen (secondary N) is 2. The summed E-state index contributed by atoms with van der Waals surface area (Å²) in [5.74, 6) is -0.989. The van der Waals surface area contributed by atoms with E-state index in [0.717, 1.165) is 10.9 Å². The number of aromatic nitrogens is 1. The molecule has 150 valence electrons. The molecule has 0 aliphatic rings. The Balaban J connectivity index is 1.71. The molecule has 3 aromatic rings. The fourth-order valence-corrected chi connectivity index (χ4v) is 3.40. The van der Waals surface area contributed by atoms with E-state index in [2.05, 4.69) is 10.3 Å². The number of ketones is 1. The van der Waals surface area contributed by atoms with Crippen LogP contribution < -0.4 is 11.1 Å². The highest BCUT2D eigenvalue weighted by Crippen LogP contribution is 2.26. The van der Waals surface area contributed by atoms with Crippen LogP contribution in [0.25, 0.3) is 10.9 Å². The zero-order chi connectivity index (χ0) is 21.0. The first kappa shape index (κ1) is 20.4. The fourth-order valence-electron chi connectivity index (χ4n) is 3.13. The number of para-hydroxylation sites is 1. The number of Topliss-reactive ketones (excluding diaryl/α,β-unsaturated/α-hetero) is 1. The molecule has 0 radical (unpaired) electrons. The van der Waals surface area contributed by atoms with Gasteiger partial charge >= 0.3 is 12.0 Å². The van der Waals surface area contributed by atoms with Gasteiger partial charge in [0.25, 0.3) is 0 Å². The number of H-pyrrole nitrogens is 1. The molecule has 0 spiro atoms. The van der Waals surface area contributed by atoms with Crippen molar-refractivity contribution in [1.29, 1.82) is 0 Å². The highest BCUT2D eigenvalue weighted by Gasteiger charge is 2.25. The number of primary amides is 1. The van der Waals surface area contributed by atoms with Gasteiger partial charge in [0.1, 0.15) is 0 Å². The van der Waals surface area contributed by atoms with E-state index in [1.807, 2.05) is 24.3 Å². The Bertz CT molecular complexity index is 1060. The molecule has 0 saturated carbocycles. The van der Waals surface area contributed by atoms with E-state index in [1.54, 1.807) is 30.5 Å². The summed E-state index contributed by atoms with van der Waals surface area (Å²) < 4.78 is 5.32. The molecule has 8 heteroatoms. The molecular weight excluding hydrogens is 394 g/mol. The Kier molecular flexibility index (Phi) is 6.19. The molecule has 2 atom stereocenters. The number of rotatable bonds is 7. The van der Waals surface area contributed by atoms with Gasteiger partial charge < -0.3 is 20.8 Å². The van der Waals surface area contributed by atoms with Gasteiger partial charge in [0.2, 0.25) is 5.78 Å². The van der Waals surface area contributed by atoms with Crippen molar-refractivity contribution in [3.63, 3.8) is 0 Å². The maximum absolute atomic E-state index is 12.7. The van der Waals surface area contributed by atoms with Crippen molar-refractivity contribution in [2.75, 3.05) is 0 Å². The number of esters is 1. The third-order valence-corrected chi connectivity index (χ3v) is 4.84. The number of carbonyl (C=O) groups excluding carboxylic acids is 3. The van der Waals surface area contributed by atoms with Crippen LogP contribution in [0.2, 0.25) is 5.02 Å². The number of amides is 2. The summed E-state index contributed by atoms with van der Waals surface area (Å²) in [4.78, 5) is 39.6. The van der Waals surface area contributed by atoms with Crippen LogP contribution in [0.4, 0.5) is 4.79 Å². The third-order valence-electron chi connectivity index (χ3n) is 4.50. The molecule has 0 aliphatic heterocycles. The summed E-state index contributed by atoms with van der Waals surface area (Å²) in [6, 6.07) is 12.6. The number of fused-ring (bicyclic) bond motifs is 1. The number of hydrogen-bond acceptors (Lipinski definition) is 4. The van der Waals surface area contributed by atoms with Crippen LogP contribution >= 0.6 is 11.6 Å². The van der Waals surface area contributed by atoms with E-state index >= 15 is 0 Å². The number of ether oxygens (including phenoxy) is 1. The van der Waals surface area contributed by atoms with Gasteiger partial charge in [-0.1, -0.05) is 48.0 Å². The summed E-state index contributed by atoms with van der Waals surface area (Å²) >= 11 is 6.16. The molecule has 4 N–H and O–H groups in total. The highest BCUT2D eigenvalue weighted by molar-refractivity contribution is 6.31. The van der Waals surface area contributed by atoms with E-state index in [1.165, 1.54) is 6.92 Å².